The number of carbonyl (C=O) groups excluding carboxylic acids is 1. The highest BCUT2D eigenvalue weighted by Gasteiger charge is 2.40. The van der Waals surface area contributed by atoms with Gasteiger partial charge >= 0.3 is 0 Å². The van der Waals surface area contributed by atoms with Crippen LogP contribution in [-0.4, -0.2) is 31.7 Å². The van der Waals surface area contributed by atoms with E-state index in [1.807, 2.05) is 6.92 Å². The zero-order valence-electron chi connectivity index (χ0n) is 9.88. The summed E-state index contributed by atoms with van der Waals surface area (Å²) < 4.78 is 10.6. The number of hydrogen-bond acceptors (Lipinski definition) is 3. The van der Waals surface area contributed by atoms with Gasteiger partial charge in [-0.2, -0.15) is 0 Å². The molecule has 0 spiro atoms. The predicted octanol–water partition coefficient (Wildman–Crippen LogP) is 2.33. The van der Waals surface area contributed by atoms with Crippen molar-refractivity contribution in [1.82, 2.24) is 0 Å². The van der Waals surface area contributed by atoms with E-state index < -0.39 is 5.60 Å². The van der Waals surface area contributed by atoms with Crippen molar-refractivity contribution in [3.63, 3.8) is 0 Å². The average Bonchev–Trinajstić information content (AvgIpc) is 2.68. The normalized spacial score (nSPS) is 19.3. The van der Waals surface area contributed by atoms with Crippen LogP contribution in [0, 0.1) is 0 Å². The number of ether oxygens (including phenoxy) is 2. The van der Waals surface area contributed by atoms with E-state index in [2.05, 4.69) is 0 Å². The molecular formula is C12H22O3. The summed E-state index contributed by atoms with van der Waals surface area (Å²) in [6.45, 7) is 3.26. The van der Waals surface area contributed by atoms with Crippen LogP contribution in [0.2, 0.25) is 0 Å². The van der Waals surface area contributed by atoms with Gasteiger partial charge in [0.2, 0.25) is 0 Å². The van der Waals surface area contributed by atoms with E-state index in [1.165, 1.54) is 0 Å². The lowest BCUT2D eigenvalue weighted by Crippen LogP contribution is -2.38. The first-order valence-electron chi connectivity index (χ1n) is 5.91. The van der Waals surface area contributed by atoms with Crippen molar-refractivity contribution in [2.24, 2.45) is 0 Å². The second-order valence-electron chi connectivity index (χ2n) is 4.15. The zero-order chi connectivity index (χ0) is 11.1. The van der Waals surface area contributed by atoms with Crippen molar-refractivity contribution < 1.29 is 14.3 Å². The van der Waals surface area contributed by atoms with Crippen molar-refractivity contribution in [2.75, 3.05) is 20.3 Å². The monoisotopic (exact) mass is 214 g/mol. The summed E-state index contributed by atoms with van der Waals surface area (Å²) in [5, 5.41) is 0. The lowest BCUT2D eigenvalue weighted by atomic mass is 9.93. The van der Waals surface area contributed by atoms with E-state index in [0.29, 0.717) is 19.6 Å². The third-order valence-electron chi connectivity index (χ3n) is 3.09. The van der Waals surface area contributed by atoms with Crippen LogP contribution in [0.25, 0.3) is 0 Å². The molecule has 88 valence electrons. The second kappa shape index (κ2) is 6.23. The standard InChI is InChI=1S/C12H22O3/c1-3-15-12(8-4-5-9-12)11(13)7-6-10-14-2/h3-10H2,1-2H3. The molecule has 0 heterocycles. The van der Waals surface area contributed by atoms with Gasteiger partial charge in [0.15, 0.2) is 5.78 Å². The Morgan fingerprint density at radius 1 is 1.33 bits per heavy atom. The molecule has 15 heavy (non-hydrogen) atoms. The molecule has 0 N–H and O–H groups in total. The first kappa shape index (κ1) is 12.7. The fourth-order valence-electron chi connectivity index (χ4n) is 2.33. The largest absolute Gasteiger partial charge is 0.385 e. The van der Waals surface area contributed by atoms with Gasteiger partial charge in [-0.15, -0.1) is 0 Å². The minimum absolute atomic E-state index is 0.277. The molecule has 1 aliphatic rings. The molecule has 0 radical (unpaired) electrons. The van der Waals surface area contributed by atoms with E-state index >= 15 is 0 Å². The van der Waals surface area contributed by atoms with Crippen LogP contribution in [0.5, 0.6) is 0 Å². The molecule has 0 unspecified atom stereocenters. The summed E-state index contributed by atoms with van der Waals surface area (Å²) >= 11 is 0. The van der Waals surface area contributed by atoms with Gasteiger partial charge in [0.25, 0.3) is 0 Å². The van der Waals surface area contributed by atoms with Gasteiger partial charge in [0, 0.05) is 26.7 Å². The lowest BCUT2D eigenvalue weighted by Gasteiger charge is -2.27. The molecule has 0 aromatic heterocycles. The maximum absolute atomic E-state index is 12.1. The molecule has 0 bridgehead atoms. The van der Waals surface area contributed by atoms with Crippen LogP contribution in [-0.2, 0) is 14.3 Å². The summed E-state index contributed by atoms with van der Waals surface area (Å²) in [7, 11) is 1.67. The van der Waals surface area contributed by atoms with Gasteiger partial charge in [-0.25, -0.2) is 0 Å². The van der Waals surface area contributed by atoms with Crippen LogP contribution in [0.4, 0.5) is 0 Å². The average molecular weight is 214 g/mol. The molecule has 3 heteroatoms. The van der Waals surface area contributed by atoms with Crippen LogP contribution in [0.1, 0.15) is 45.4 Å². The summed E-state index contributed by atoms with van der Waals surface area (Å²) in [5.41, 5.74) is -0.442. The Hall–Kier alpha value is -0.410. The molecular weight excluding hydrogens is 192 g/mol. The maximum Gasteiger partial charge on any atom is 0.164 e. The molecule has 0 aromatic carbocycles. The first-order chi connectivity index (χ1) is 7.25. The predicted molar refractivity (Wildman–Crippen MR) is 58.9 cm³/mol. The summed E-state index contributed by atoms with van der Waals surface area (Å²) in [5.74, 6) is 0.277. The van der Waals surface area contributed by atoms with Crippen molar-refractivity contribution in [2.45, 2.75) is 51.0 Å². The minimum Gasteiger partial charge on any atom is -0.385 e. The van der Waals surface area contributed by atoms with Crippen molar-refractivity contribution in [3.05, 3.63) is 0 Å². The van der Waals surface area contributed by atoms with E-state index in [1.54, 1.807) is 7.11 Å². The van der Waals surface area contributed by atoms with Crippen molar-refractivity contribution >= 4 is 5.78 Å². The molecule has 1 saturated carbocycles. The highest BCUT2D eigenvalue weighted by atomic mass is 16.5. The second-order valence-corrected chi connectivity index (χ2v) is 4.15. The third kappa shape index (κ3) is 3.28. The lowest BCUT2D eigenvalue weighted by molar-refractivity contribution is -0.143. The van der Waals surface area contributed by atoms with E-state index in [0.717, 1.165) is 32.1 Å². The topological polar surface area (TPSA) is 35.5 Å². The Balaban J connectivity index is 2.44. The molecule has 0 aliphatic heterocycles. The van der Waals surface area contributed by atoms with E-state index in [9.17, 15) is 4.79 Å². The van der Waals surface area contributed by atoms with Gasteiger partial charge in [-0.3, -0.25) is 4.79 Å². The van der Waals surface area contributed by atoms with Crippen LogP contribution < -0.4 is 0 Å². The molecule has 0 saturated heterocycles. The summed E-state index contributed by atoms with van der Waals surface area (Å²) in [6.07, 6.45) is 5.46. The van der Waals surface area contributed by atoms with Crippen LogP contribution in [0.15, 0.2) is 0 Å². The van der Waals surface area contributed by atoms with Crippen LogP contribution in [0.3, 0.4) is 0 Å². The quantitative estimate of drug-likeness (QED) is 0.610. The highest BCUT2D eigenvalue weighted by molar-refractivity contribution is 5.87. The van der Waals surface area contributed by atoms with Gasteiger partial charge in [0.05, 0.1) is 0 Å². The number of ketones is 1. The Labute approximate surface area is 92.1 Å². The molecule has 1 fully saturated rings. The number of Topliss-reactive ketones (excluding diaryl/α,β-unsaturated/α-hetero) is 1. The van der Waals surface area contributed by atoms with Gasteiger partial charge in [0.1, 0.15) is 5.60 Å². The summed E-state index contributed by atoms with van der Waals surface area (Å²) in [4.78, 5) is 12.1. The third-order valence-corrected chi connectivity index (χ3v) is 3.09. The smallest absolute Gasteiger partial charge is 0.164 e. The van der Waals surface area contributed by atoms with Gasteiger partial charge in [-0.1, -0.05) is 0 Å². The Bertz CT molecular complexity index is 195. The first-order valence-corrected chi connectivity index (χ1v) is 5.91. The van der Waals surface area contributed by atoms with Crippen molar-refractivity contribution in [3.8, 4) is 0 Å². The number of rotatable bonds is 7. The Morgan fingerprint density at radius 2 is 2.00 bits per heavy atom. The maximum atomic E-state index is 12.1. The van der Waals surface area contributed by atoms with Gasteiger partial charge < -0.3 is 9.47 Å². The Kier molecular flexibility index (Phi) is 5.26. The molecule has 1 rings (SSSR count). The number of methoxy groups -OCH3 is 1. The fraction of sp³-hybridized carbons (Fsp3) is 0.917. The molecule has 1 aliphatic carbocycles. The summed E-state index contributed by atoms with van der Waals surface area (Å²) in [6, 6.07) is 0. The van der Waals surface area contributed by atoms with Gasteiger partial charge in [-0.05, 0) is 39.0 Å². The van der Waals surface area contributed by atoms with Crippen molar-refractivity contribution in [1.29, 1.82) is 0 Å². The molecule has 0 amide bonds. The van der Waals surface area contributed by atoms with E-state index in [-0.39, 0.29) is 5.78 Å². The van der Waals surface area contributed by atoms with E-state index in [4.69, 9.17) is 9.47 Å². The van der Waals surface area contributed by atoms with Crippen LogP contribution >= 0.6 is 0 Å². The minimum atomic E-state index is -0.442. The molecule has 3 nitrogen and oxygen atoms in total. The Morgan fingerprint density at radius 3 is 2.53 bits per heavy atom. The molecule has 0 aromatic rings. The highest BCUT2D eigenvalue weighted by Crippen LogP contribution is 2.35. The number of carbonyl (C=O) groups is 1. The SMILES string of the molecule is CCOC1(C(=O)CCCOC)CCCC1. The molecule has 0 atom stereocenters. The zero-order valence-corrected chi connectivity index (χ0v) is 9.88. The number of hydrogen-bond donors (Lipinski definition) is 0. The fourth-order valence-corrected chi connectivity index (χ4v) is 2.33.